The van der Waals surface area contributed by atoms with Crippen LogP contribution in [0.3, 0.4) is 0 Å². The molecule has 2 aromatic rings. The summed E-state index contributed by atoms with van der Waals surface area (Å²) >= 11 is 1.42. The van der Waals surface area contributed by atoms with E-state index >= 15 is 0 Å². The number of hydrogen-bond acceptors (Lipinski definition) is 6. The van der Waals surface area contributed by atoms with Gasteiger partial charge in [-0.25, -0.2) is 4.79 Å². The number of aliphatic carboxylic acids is 1. The minimum absolute atomic E-state index is 0.247. The molecule has 1 atom stereocenters. The zero-order chi connectivity index (χ0) is 23.2. The van der Waals surface area contributed by atoms with Gasteiger partial charge in [-0.15, -0.1) is 11.8 Å². The van der Waals surface area contributed by atoms with Crippen LogP contribution in [-0.4, -0.2) is 34.4 Å². The maximum Gasteiger partial charge on any atom is 0.416 e. The van der Waals surface area contributed by atoms with Crippen molar-refractivity contribution in [2.45, 2.75) is 37.1 Å². The highest BCUT2D eigenvalue weighted by Crippen LogP contribution is 2.30. The van der Waals surface area contributed by atoms with Gasteiger partial charge in [-0.1, -0.05) is 0 Å². The molecule has 2 aromatic carbocycles. The monoisotopic (exact) mass is 453 g/mol. The lowest BCUT2D eigenvalue weighted by atomic mass is 10.2. The van der Waals surface area contributed by atoms with Crippen LogP contribution >= 0.6 is 11.8 Å². The smallest absolute Gasteiger partial charge is 0.416 e. The normalized spacial score (nSPS) is 12.9. The van der Waals surface area contributed by atoms with Crippen LogP contribution in [0.25, 0.3) is 0 Å². The van der Waals surface area contributed by atoms with Gasteiger partial charge in [-0.2, -0.15) is 18.3 Å². The fourth-order valence-corrected chi connectivity index (χ4v) is 3.58. The number of benzene rings is 2. The van der Waals surface area contributed by atoms with E-state index in [-0.39, 0.29) is 11.0 Å². The van der Waals surface area contributed by atoms with Gasteiger partial charge in [0.05, 0.1) is 27.9 Å². The highest BCUT2D eigenvalue weighted by atomic mass is 32.2. The highest BCUT2D eigenvalue weighted by molar-refractivity contribution is 8.00. The van der Waals surface area contributed by atoms with E-state index in [1.165, 1.54) is 23.9 Å². The van der Waals surface area contributed by atoms with Crippen molar-refractivity contribution < 1.29 is 27.8 Å². The fraction of sp³-hybridized carbons (Fsp3) is 0.286. The Morgan fingerprint density at radius 1 is 1.26 bits per heavy atom. The molecule has 0 heterocycles. The Bertz CT molecular complexity index is 976. The molecule has 0 aliphatic heterocycles. The van der Waals surface area contributed by atoms with Crippen molar-refractivity contribution in [1.82, 2.24) is 0 Å². The first-order chi connectivity index (χ1) is 14.5. The first-order valence-corrected chi connectivity index (χ1v) is 10.0. The number of thioether (sulfide) groups is 1. The molecule has 0 spiro atoms. The maximum atomic E-state index is 12.6. The number of ether oxygens (including phenoxy) is 1. The number of aryl methyl sites for hydroxylation is 1. The Labute approximate surface area is 182 Å². The second kappa shape index (κ2) is 10.3. The predicted molar refractivity (Wildman–Crippen MR) is 116 cm³/mol. The van der Waals surface area contributed by atoms with Crippen molar-refractivity contribution in [3.8, 4) is 5.75 Å². The summed E-state index contributed by atoms with van der Waals surface area (Å²) in [7, 11) is 0. The molecule has 0 fully saturated rings. The number of hydrazone groups is 1. The lowest BCUT2D eigenvalue weighted by Gasteiger charge is -2.14. The third kappa shape index (κ3) is 7.32. The molecule has 2 rings (SSSR count). The summed E-state index contributed by atoms with van der Waals surface area (Å²) in [5, 5.41) is 20.9. The standard InChI is InChI=1S/C21H22F3N3O3S/c1-12-10-17(8-9-18(12)30-11-19(28)29)31-14(3)20(25)13(2)26-27-16-6-4-15(5-7-16)21(22,23)24/h4-10,14,25,27H,11H2,1-3H3,(H,28,29)/b25-20?,26-13-. The number of halogens is 3. The number of hydrogen-bond donors (Lipinski definition) is 3. The SMILES string of the molecule is C/C(=N/Nc1ccc(C(F)(F)F)cc1)C(=N)C(C)Sc1ccc(OCC(=O)O)c(C)c1. The van der Waals surface area contributed by atoms with E-state index in [9.17, 15) is 18.0 Å². The van der Waals surface area contributed by atoms with Crippen molar-refractivity contribution in [3.63, 3.8) is 0 Å². The number of nitrogens with one attached hydrogen (secondary N) is 2. The van der Waals surface area contributed by atoms with Gasteiger partial charge < -0.3 is 15.3 Å². The average molecular weight is 453 g/mol. The van der Waals surface area contributed by atoms with Crippen LogP contribution in [0.15, 0.2) is 52.5 Å². The third-order valence-electron chi connectivity index (χ3n) is 4.17. The molecule has 3 N–H and O–H groups in total. The molecule has 0 bridgehead atoms. The van der Waals surface area contributed by atoms with E-state index in [1.807, 2.05) is 13.0 Å². The quantitative estimate of drug-likeness (QED) is 0.266. The van der Waals surface area contributed by atoms with Gasteiger partial charge in [0.15, 0.2) is 6.61 Å². The van der Waals surface area contributed by atoms with E-state index in [0.717, 1.165) is 22.6 Å². The molecule has 166 valence electrons. The molecule has 0 radical (unpaired) electrons. The predicted octanol–water partition coefficient (Wildman–Crippen LogP) is 5.47. The van der Waals surface area contributed by atoms with Crippen molar-refractivity contribution >= 4 is 34.8 Å². The molecule has 0 aliphatic rings. The summed E-state index contributed by atoms with van der Waals surface area (Å²) in [6.45, 7) is 4.87. The molecule has 31 heavy (non-hydrogen) atoms. The number of anilines is 1. The van der Waals surface area contributed by atoms with Crippen LogP contribution in [0.5, 0.6) is 5.75 Å². The second-order valence-electron chi connectivity index (χ2n) is 6.67. The first-order valence-electron chi connectivity index (χ1n) is 9.15. The van der Waals surface area contributed by atoms with Gasteiger partial charge in [0.2, 0.25) is 0 Å². The largest absolute Gasteiger partial charge is 0.482 e. The van der Waals surface area contributed by atoms with Crippen LogP contribution in [0.1, 0.15) is 25.0 Å². The molecule has 0 amide bonds. The van der Waals surface area contributed by atoms with Crippen molar-refractivity contribution in [2.24, 2.45) is 5.10 Å². The van der Waals surface area contributed by atoms with E-state index in [1.54, 1.807) is 26.0 Å². The van der Waals surface area contributed by atoms with Gasteiger partial charge in [0.25, 0.3) is 0 Å². The molecule has 0 aromatic heterocycles. The topological polar surface area (TPSA) is 94.8 Å². The Hall–Kier alpha value is -3.01. The Morgan fingerprint density at radius 2 is 1.90 bits per heavy atom. The second-order valence-corrected chi connectivity index (χ2v) is 8.08. The summed E-state index contributed by atoms with van der Waals surface area (Å²) < 4.78 is 43.1. The van der Waals surface area contributed by atoms with Crippen LogP contribution in [0, 0.1) is 12.3 Å². The number of carbonyl (C=O) groups is 1. The van der Waals surface area contributed by atoms with E-state index in [4.69, 9.17) is 15.3 Å². The van der Waals surface area contributed by atoms with Gasteiger partial charge >= 0.3 is 12.1 Å². The third-order valence-corrected chi connectivity index (χ3v) is 5.29. The van der Waals surface area contributed by atoms with E-state index in [2.05, 4.69) is 10.5 Å². The lowest BCUT2D eigenvalue weighted by Crippen LogP contribution is -2.21. The number of carboxylic acid groups (broad SMARTS) is 1. The molecule has 1 unspecified atom stereocenters. The minimum atomic E-state index is -4.40. The zero-order valence-electron chi connectivity index (χ0n) is 17.1. The van der Waals surface area contributed by atoms with E-state index < -0.39 is 24.3 Å². The number of carboxylic acids is 1. The molecule has 10 heteroatoms. The van der Waals surface area contributed by atoms with Crippen LogP contribution in [-0.2, 0) is 11.0 Å². The van der Waals surface area contributed by atoms with Crippen LogP contribution < -0.4 is 10.2 Å². The van der Waals surface area contributed by atoms with E-state index in [0.29, 0.717) is 17.1 Å². The number of alkyl halides is 3. The lowest BCUT2D eigenvalue weighted by molar-refractivity contribution is -0.139. The Kier molecular flexibility index (Phi) is 8.09. The maximum absolute atomic E-state index is 12.6. The minimum Gasteiger partial charge on any atom is -0.482 e. The molecule has 0 aliphatic carbocycles. The number of rotatable bonds is 9. The Morgan fingerprint density at radius 3 is 2.45 bits per heavy atom. The van der Waals surface area contributed by atoms with Crippen molar-refractivity contribution in [2.75, 3.05) is 12.0 Å². The Balaban J connectivity index is 1.97. The molecule has 6 nitrogen and oxygen atoms in total. The average Bonchev–Trinajstić information content (AvgIpc) is 2.70. The summed E-state index contributed by atoms with van der Waals surface area (Å²) in [4.78, 5) is 11.5. The fourth-order valence-electron chi connectivity index (χ4n) is 2.50. The molecular weight excluding hydrogens is 431 g/mol. The van der Waals surface area contributed by atoms with Gasteiger partial charge in [0, 0.05) is 4.90 Å². The summed E-state index contributed by atoms with van der Waals surface area (Å²) in [5.74, 6) is -0.576. The molecular formula is C21H22F3N3O3S. The van der Waals surface area contributed by atoms with Gasteiger partial charge in [0.1, 0.15) is 5.75 Å². The first kappa shape index (κ1) is 24.3. The van der Waals surface area contributed by atoms with Gasteiger partial charge in [-0.3, -0.25) is 5.43 Å². The van der Waals surface area contributed by atoms with Gasteiger partial charge in [-0.05, 0) is 68.8 Å². The molecule has 0 saturated heterocycles. The molecule has 0 saturated carbocycles. The highest BCUT2D eigenvalue weighted by Gasteiger charge is 2.29. The summed E-state index contributed by atoms with van der Waals surface area (Å²) in [5.41, 5.74) is 3.74. The van der Waals surface area contributed by atoms with Crippen LogP contribution in [0.2, 0.25) is 0 Å². The zero-order valence-corrected chi connectivity index (χ0v) is 17.9. The number of nitrogens with zero attached hydrogens (tertiary/aromatic N) is 1. The van der Waals surface area contributed by atoms with Crippen LogP contribution in [0.4, 0.5) is 18.9 Å². The summed E-state index contributed by atoms with van der Waals surface area (Å²) in [6.07, 6.45) is -4.40. The van der Waals surface area contributed by atoms with Crippen molar-refractivity contribution in [1.29, 1.82) is 5.41 Å². The van der Waals surface area contributed by atoms with Crippen molar-refractivity contribution in [3.05, 3.63) is 53.6 Å². The summed E-state index contributed by atoms with van der Waals surface area (Å²) in [6, 6.07) is 9.79.